The number of anilines is 1. The van der Waals surface area contributed by atoms with Gasteiger partial charge in [-0.3, -0.25) is 0 Å². The number of amides is 1. The highest BCUT2D eigenvalue weighted by Crippen LogP contribution is 2.33. The number of thioether (sulfide) groups is 1. The van der Waals surface area contributed by atoms with Crippen molar-refractivity contribution in [1.29, 1.82) is 0 Å². The second-order valence-corrected chi connectivity index (χ2v) is 9.78. The normalized spacial score (nSPS) is 18.9. The Morgan fingerprint density at radius 2 is 2.00 bits per heavy atom. The summed E-state index contributed by atoms with van der Waals surface area (Å²) >= 11 is 1.60. The number of nitrogens with one attached hydrogen (secondary N) is 2. The van der Waals surface area contributed by atoms with Gasteiger partial charge in [0.25, 0.3) is 0 Å². The van der Waals surface area contributed by atoms with Crippen molar-refractivity contribution < 1.29 is 25.2 Å². The van der Waals surface area contributed by atoms with Crippen LogP contribution in [-0.2, 0) is 6.54 Å². The molecule has 1 fully saturated rings. The van der Waals surface area contributed by atoms with Gasteiger partial charge in [-0.15, -0.1) is 5.10 Å². The van der Waals surface area contributed by atoms with E-state index >= 15 is 0 Å². The summed E-state index contributed by atoms with van der Waals surface area (Å²) in [6.07, 6.45) is 1.75. The first-order valence-electron chi connectivity index (χ1n) is 12.4. The van der Waals surface area contributed by atoms with Crippen LogP contribution in [0, 0.1) is 0 Å². The quantitative estimate of drug-likeness (QED) is 0.128. The minimum atomic E-state index is -1.07. The molecule has 0 bridgehead atoms. The van der Waals surface area contributed by atoms with Gasteiger partial charge in [0.1, 0.15) is 11.9 Å². The maximum Gasteiger partial charge on any atom is 0.404 e. The SMILES string of the molecule is CCCCNc1nc(SCCC)nc2c1nnn2[C@@H]1CC[C@@H](O)[C@H]1O.O=C(O)NCc1cccc(O)c1. The van der Waals surface area contributed by atoms with Gasteiger partial charge >= 0.3 is 6.09 Å². The van der Waals surface area contributed by atoms with E-state index < -0.39 is 18.3 Å². The minimum absolute atomic E-state index is 0.139. The van der Waals surface area contributed by atoms with Crippen LogP contribution in [0.1, 0.15) is 57.6 Å². The predicted molar refractivity (Wildman–Crippen MR) is 141 cm³/mol. The molecule has 0 aliphatic heterocycles. The number of aromatic hydroxyl groups is 1. The van der Waals surface area contributed by atoms with Crippen LogP contribution >= 0.6 is 11.8 Å². The van der Waals surface area contributed by atoms with Crippen LogP contribution in [0.3, 0.4) is 0 Å². The number of nitrogens with zero attached hydrogens (tertiary/aromatic N) is 5. The fourth-order valence-electron chi connectivity index (χ4n) is 3.85. The molecule has 0 unspecified atom stereocenters. The van der Waals surface area contributed by atoms with Crippen LogP contribution in [0.5, 0.6) is 5.75 Å². The topological polar surface area (TPSA) is 179 Å². The van der Waals surface area contributed by atoms with Gasteiger partial charge < -0.3 is 31.1 Å². The van der Waals surface area contributed by atoms with Crippen molar-refractivity contribution in [2.24, 2.45) is 0 Å². The molecule has 1 aliphatic rings. The number of aliphatic hydroxyl groups is 2. The lowest BCUT2D eigenvalue weighted by atomic mass is 10.2. The molecule has 1 aliphatic carbocycles. The Balaban J connectivity index is 0.000000266. The van der Waals surface area contributed by atoms with Crippen LogP contribution in [0.4, 0.5) is 10.6 Å². The van der Waals surface area contributed by atoms with E-state index in [2.05, 4.69) is 44.8 Å². The standard InChI is InChI=1S/C16H26N6O2S.C8H9NO3/c1-3-5-8-17-14-12-15(19-16(18-14)25-9-4-2)22(21-20-12)10-6-7-11(23)13(10)24;10-7-3-1-2-6(4-7)5-9-8(11)12/h10-11,13,23-24H,3-9H2,1-2H3,(H,17,18,19);1-4,9-10H,5H2,(H,11,12)/t10-,11-,13+;/m1./s1. The molecule has 0 saturated heterocycles. The molecule has 0 spiro atoms. The minimum Gasteiger partial charge on any atom is -0.508 e. The number of unbranched alkanes of at least 4 members (excludes halogenated alkanes) is 1. The second kappa shape index (κ2) is 14.0. The summed E-state index contributed by atoms with van der Waals surface area (Å²) in [6.45, 7) is 5.29. The molecule has 202 valence electrons. The maximum absolute atomic E-state index is 10.2. The summed E-state index contributed by atoms with van der Waals surface area (Å²) in [5, 5.41) is 52.0. The molecule has 2 aromatic heterocycles. The van der Waals surface area contributed by atoms with Gasteiger partial charge in [-0.05, 0) is 43.4 Å². The van der Waals surface area contributed by atoms with E-state index in [1.54, 1.807) is 28.6 Å². The van der Waals surface area contributed by atoms with Gasteiger partial charge in [0.2, 0.25) is 0 Å². The molecular formula is C24H35N7O5S. The molecule has 12 nitrogen and oxygen atoms in total. The fraction of sp³-hybridized carbons (Fsp3) is 0.542. The molecular weight excluding hydrogens is 498 g/mol. The van der Waals surface area contributed by atoms with Crippen LogP contribution in [0.15, 0.2) is 29.4 Å². The number of aromatic nitrogens is 5. The third-order valence-corrected chi connectivity index (χ3v) is 6.83. The Labute approximate surface area is 219 Å². The number of carbonyl (C=O) groups is 1. The molecule has 13 heteroatoms. The lowest BCUT2D eigenvalue weighted by molar-refractivity contribution is 0.0215. The van der Waals surface area contributed by atoms with Gasteiger partial charge in [-0.1, -0.05) is 49.4 Å². The summed E-state index contributed by atoms with van der Waals surface area (Å²) < 4.78 is 1.65. The van der Waals surface area contributed by atoms with E-state index in [4.69, 9.17) is 10.2 Å². The summed E-state index contributed by atoms with van der Waals surface area (Å²) in [5.41, 5.74) is 1.97. The number of phenolic OH excluding ortho intramolecular Hbond substituents is 1. The number of fused-ring (bicyclic) bond motifs is 1. The fourth-order valence-corrected chi connectivity index (χ4v) is 4.54. The highest BCUT2D eigenvalue weighted by molar-refractivity contribution is 7.99. The lowest BCUT2D eigenvalue weighted by Crippen LogP contribution is -2.28. The van der Waals surface area contributed by atoms with Gasteiger partial charge in [0.05, 0.1) is 12.1 Å². The summed E-state index contributed by atoms with van der Waals surface area (Å²) in [7, 11) is 0. The monoisotopic (exact) mass is 533 g/mol. The van der Waals surface area contributed by atoms with E-state index in [9.17, 15) is 15.0 Å². The number of hydrogen-bond donors (Lipinski definition) is 6. The van der Waals surface area contributed by atoms with Crippen molar-refractivity contribution >= 4 is 34.8 Å². The zero-order valence-electron chi connectivity index (χ0n) is 21.0. The second-order valence-electron chi connectivity index (χ2n) is 8.72. The van der Waals surface area contributed by atoms with E-state index in [-0.39, 0.29) is 18.3 Å². The Morgan fingerprint density at radius 1 is 1.19 bits per heavy atom. The average molecular weight is 534 g/mol. The lowest BCUT2D eigenvalue weighted by Gasteiger charge is -2.16. The third kappa shape index (κ3) is 7.91. The number of carboxylic acid groups (broad SMARTS) is 1. The first kappa shape index (κ1) is 28.4. The molecule has 37 heavy (non-hydrogen) atoms. The van der Waals surface area contributed by atoms with Crippen LogP contribution in [0.2, 0.25) is 0 Å². The number of aliphatic hydroxyl groups excluding tert-OH is 2. The summed E-state index contributed by atoms with van der Waals surface area (Å²) in [4.78, 5) is 19.3. The summed E-state index contributed by atoms with van der Waals surface area (Å²) in [6, 6.07) is 6.13. The molecule has 3 aromatic rings. The largest absolute Gasteiger partial charge is 0.508 e. The molecule has 3 atom stereocenters. The number of benzene rings is 1. The smallest absolute Gasteiger partial charge is 0.404 e. The summed E-state index contributed by atoms with van der Waals surface area (Å²) in [5.74, 6) is 1.77. The van der Waals surface area contributed by atoms with Crippen molar-refractivity contribution in [2.45, 2.75) is 75.9 Å². The number of rotatable bonds is 10. The van der Waals surface area contributed by atoms with Crippen molar-refractivity contribution in [2.75, 3.05) is 17.6 Å². The van der Waals surface area contributed by atoms with E-state index in [1.807, 2.05) is 0 Å². The third-order valence-electron chi connectivity index (χ3n) is 5.78. The zero-order chi connectivity index (χ0) is 26.8. The molecule has 1 aromatic carbocycles. The number of hydrogen-bond acceptors (Lipinski definition) is 10. The number of phenols is 1. The molecule has 1 amide bonds. The van der Waals surface area contributed by atoms with Crippen LogP contribution < -0.4 is 10.6 Å². The highest BCUT2D eigenvalue weighted by Gasteiger charge is 2.37. The molecule has 6 N–H and O–H groups in total. The van der Waals surface area contributed by atoms with Gasteiger partial charge in [-0.25, -0.2) is 19.4 Å². The van der Waals surface area contributed by atoms with E-state index in [0.717, 1.165) is 37.1 Å². The molecule has 4 rings (SSSR count). The van der Waals surface area contributed by atoms with Crippen molar-refractivity contribution in [3.63, 3.8) is 0 Å². The predicted octanol–water partition coefficient (Wildman–Crippen LogP) is 3.15. The van der Waals surface area contributed by atoms with Gasteiger partial charge in [-0.2, -0.15) is 0 Å². The Kier molecular flexibility index (Phi) is 10.7. The molecule has 0 radical (unpaired) electrons. The zero-order valence-corrected chi connectivity index (χ0v) is 21.9. The van der Waals surface area contributed by atoms with Gasteiger partial charge in [0, 0.05) is 18.8 Å². The highest BCUT2D eigenvalue weighted by atomic mass is 32.2. The van der Waals surface area contributed by atoms with Crippen molar-refractivity contribution in [3.05, 3.63) is 29.8 Å². The van der Waals surface area contributed by atoms with E-state index in [1.165, 1.54) is 12.1 Å². The Morgan fingerprint density at radius 3 is 2.65 bits per heavy atom. The van der Waals surface area contributed by atoms with Crippen LogP contribution in [0.25, 0.3) is 11.2 Å². The van der Waals surface area contributed by atoms with Gasteiger partial charge in [0.15, 0.2) is 22.1 Å². The maximum atomic E-state index is 10.2. The van der Waals surface area contributed by atoms with Crippen molar-refractivity contribution in [1.82, 2.24) is 30.3 Å². The Bertz CT molecular complexity index is 1160. The van der Waals surface area contributed by atoms with E-state index in [0.29, 0.717) is 35.0 Å². The first-order chi connectivity index (χ1) is 17.8. The van der Waals surface area contributed by atoms with Crippen LogP contribution in [-0.4, -0.2) is 76.0 Å². The average Bonchev–Trinajstić information content (AvgIpc) is 3.44. The molecule has 1 saturated carbocycles. The molecule has 2 heterocycles. The van der Waals surface area contributed by atoms with Crippen molar-refractivity contribution in [3.8, 4) is 5.75 Å². The first-order valence-corrected chi connectivity index (χ1v) is 13.4. The Hall–Kier alpha value is -3.16.